The van der Waals surface area contributed by atoms with Crippen molar-refractivity contribution in [3.05, 3.63) is 0 Å². The third-order valence-corrected chi connectivity index (χ3v) is 0.482. The van der Waals surface area contributed by atoms with Gasteiger partial charge in [-0.1, -0.05) is 0 Å². The van der Waals surface area contributed by atoms with Crippen LogP contribution in [0.4, 0.5) is 0 Å². The Labute approximate surface area is 27.0 Å². The molecule has 0 amide bonds. The lowest BCUT2D eigenvalue weighted by molar-refractivity contribution is 0.925. The predicted octanol–water partition coefficient (Wildman–Crippen LogP) is -0.615. The summed E-state index contributed by atoms with van der Waals surface area (Å²) >= 11 is 0. The van der Waals surface area contributed by atoms with E-state index in [1.165, 1.54) is 0 Å². The average Bonchev–Trinajstić information content (AvgIpc) is 1.75. The van der Waals surface area contributed by atoms with Crippen molar-refractivity contribution in [2.24, 2.45) is 0 Å². The minimum absolute atomic E-state index is 1.10. The molecule has 1 aliphatic heterocycles. The van der Waals surface area contributed by atoms with Crippen molar-refractivity contribution in [2.75, 3.05) is 13.1 Å². The highest BCUT2D eigenvalue weighted by atomic mass is 15.2. The number of rotatable bonds is 0. The van der Waals surface area contributed by atoms with Gasteiger partial charge in [-0.05, 0) is 13.1 Å². The Balaban J connectivity index is 2.17. The van der Waals surface area contributed by atoms with Crippen LogP contribution in [0.1, 0.15) is 0 Å². The molecule has 0 atom stereocenters. The molecule has 1 heterocycles. The Hall–Kier alpha value is 0.0249. The molecule has 0 saturated carbocycles. The first-order valence-corrected chi connectivity index (χ1v) is 1.39. The van der Waals surface area contributed by atoms with E-state index in [2.05, 4.69) is 0 Å². The maximum absolute atomic E-state index is 5.06. The monoisotopic (exact) mass is 53.0 g/mol. The summed E-state index contributed by atoms with van der Waals surface area (Å²) in [6.07, 6.45) is 0. The van der Waals surface area contributed by atoms with Gasteiger partial charge in [-0.25, -0.2) is 0 Å². The maximum atomic E-state index is 5.06. The highest BCUT2D eigenvalue weighted by Crippen LogP contribution is 1.91. The molecular weight excluding hydrogens is 48.8 g/mol. The molecule has 2 radical (unpaired) electrons. The first-order valence-electron chi connectivity index (χ1n) is 1.39. The molecule has 0 aromatic carbocycles. The van der Waals surface area contributed by atoms with Crippen LogP contribution in [0.25, 0.3) is 0 Å². The molecule has 0 bridgehead atoms. The summed E-state index contributed by atoms with van der Waals surface area (Å²) in [6, 6.07) is 0. The van der Waals surface area contributed by atoms with Crippen LogP contribution < -0.4 is 0 Å². The van der Waals surface area contributed by atoms with Crippen molar-refractivity contribution in [2.45, 2.75) is 0 Å². The van der Waals surface area contributed by atoms with Crippen LogP contribution in [0, 0.1) is 0 Å². The van der Waals surface area contributed by atoms with Gasteiger partial charge in [0.2, 0.25) is 0 Å². The summed E-state index contributed by atoms with van der Waals surface area (Å²) in [5.74, 6) is 0. The number of hydrogen-bond acceptors (Lipinski definition) is 1. The summed E-state index contributed by atoms with van der Waals surface area (Å²) in [5.41, 5.74) is 0. The lowest BCUT2D eigenvalue weighted by Gasteiger charge is -1.65. The van der Waals surface area contributed by atoms with Crippen LogP contribution >= 0.6 is 0 Å². The zero-order chi connectivity index (χ0) is 2.99. The smallest absolute Gasteiger partial charge is 0.182 e. The second kappa shape index (κ2) is 0.491. The van der Waals surface area contributed by atoms with E-state index in [0.717, 1.165) is 13.1 Å². The summed E-state index contributed by atoms with van der Waals surface area (Å²) in [5, 5.41) is 0. The Morgan fingerprint density at radius 2 is 1.75 bits per heavy atom. The standard InChI is InChI=1S/C2H4BN/c3-4-1-2-4/h1-2H2. The van der Waals surface area contributed by atoms with Crippen LogP contribution in [0.3, 0.4) is 0 Å². The van der Waals surface area contributed by atoms with Crippen molar-refractivity contribution in [1.29, 1.82) is 0 Å². The predicted molar refractivity (Wildman–Crippen MR) is 17.3 cm³/mol. The Morgan fingerprint density at radius 1 is 1.50 bits per heavy atom. The molecule has 0 aromatic heterocycles. The van der Waals surface area contributed by atoms with Crippen LogP contribution in [-0.4, -0.2) is 25.9 Å². The van der Waals surface area contributed by atoms with Gasteiger partial charge < -0.3 is 4.81 Å². The lowest BCUT2D eigenvalue weighted by atomic mass is 10.5. The Morgan fingerprint density at radius 3 is 1.75 bits per heavy atom. The quantitative estimate of drug-likeness (QED) is 0.263. The molecule has 1 fully saturated rings. The molecule has 1 rings (SSSR count). The summed E-state index contributed by atoms with van der Waals surface area (Å²) in [7, 11) is 5.06. The van der Waals surface area contributed by atoms with Crippen LogP contribution in [-0.2, 0) is 0 Å². The molecule has 4 heavy (non-hydrogen) atoms. The number of hydrogen-bond donors (Lipinski definition) is 0. The first kappa shape index (κ1) is 2.27. The fraction of sp³-hybridized carbons (Fsp3) is 1.00. The van der Waals surface area contributed by atoms with Crippen molar-refractivity contribution in [3.63, 3.8) is 0 Å². The molecule has 0 aliphatic carbocycles. The van der Waals surface area contributed by atoms with Gasteiger partial charge in [-0.15, -0.1) is 0 Å². The van der Waals surface area contributed by atoms with Gasteiger partial charge in [0, 0.05) is 0 Å². The van der Waals surface area contributed by atoms with E-state index in [-0.39, 0.29) is 0 Å². The van der Waals surface area contributed by atoms with E-state index in [4.69, 9.17) is 7.98 Å². The van der Waals surface area contributed by atoms with Crippen molar-refractivity contribution in [1.82, 2.24) is 4.81 Å². The van der Waals surface area contributed by atoms with Gasteiger partial charge in [0.15, 0.2) is 7.98 Å². The van der Waals surface area contributed by atoms with E-state index in [1.54, 1.807) is 4.81 Å². The Kier molecular flexibility index (Phi) is 0.279. The Bertz CT molecular complexity index is 25.2. The van der Waals surface area contributed by atoms with Gasteiger partial charge in [-0.2, -0.15) is 0 Å². The van der Waals surface area contributed by atoms with E-state index in [1.807, 2.05) is 0 Å². The second-order valence-corrected chi connectivity index (χ2v) is 1.04. The minimum atomic E-state index is 1.10. The van der Waals surface area contributed by atoms with Crippen molar-refractivity contribution < 1.29 is 0 Å². The summed E-state index contributed by atoms with van der Waals surface area (Å²) in [4.78, 5) is 1.75. The molecule has 1 nitrogen and oxygen atoms in total. The minimum Gasteiger partial charge on any atom is -0.351 e. The summed E-state index contributed by atoms with van der Waals surface area (Å²) < 4.78 is 0. The van der Waals surface area contributed by atoms with Gasteiger partial charge in [-0.3, -0.25) is 0 Å². The van der Waals surface area contributed by atoms with E-state index >= 15 is 0 Å². The van der Waals surface area contributed by atoms with Crippen molar-refractivity contribution >= 4 is 7.98 Å². The van der Waals surface area contributed by atoms with E-state index < -0.39 is 0 Å². The normalized spacial score (nSPS) is 26.0. The average molecular weight is 52.9 g/mol. The van der Waals surface area contributed by atoms with E-state index in [9.17, 15) is 0 Å². The number of nitrogens with zero attached hydrogens (tertiary/aromatic N) is 1. The third kappa shape index (κ3) is 0.232. The molecule has 0 spiro atoms. The second-order valence-electron chi connectivity index (χ2n) is 1.04. The topological polar surface area (TPSA) is 3.01 Å². The van der Waals surface area contributed by atoms with Crippen LogP contribution in [0.2, 0.25) is 0 Å². The molecule has 20 valence electrons. The fourth-order valence-corrected chi connectivity index (χ4v) is 0.0577. The van der Waals surface area contributed by atoms with Crippen LogP contribution in [0.15, 0.2) is 0 Å². The lowest BCUT2D eigenvalue weighted by Crippen LogP contribution is -1.80. The first-order chi connectivity index (χ1) is 1.89. The maximum Gasteiger partial charge on any atom is 0.182 e. The largest absolute Gasteiger partial charge is 0.351 e. The molecule has 0 aromatic rings. The molecule has 0 unspecified atom stereocenters. The van der Waals surface area contributed by atoms with Crippen molar-refractivity contribution in [3.8, 4) is 0 Å². The zero-order valence-electron chi connectivity index (χ0n) is 2.44. The van der Waals surface area contributed by atoms with E-state index in [0.29, 0.717) is 0 Å². The van der Waals surface area contributed by atoms with Gasteiger partial charge >= 0.3 is 0 Å². The van der Waals surface area contributed by atoms with Gasteiger partial charge in [0.05, 0.1) is 0 Å². The summed E-state index contributed by atoms with van der Waals surface area (Å²) in [6.45, 7) is 2.19. The van der Waals surface area contributed by atoms with Crippen LogP contribution in [0.5, 0.6) is 0 Å². The SMILES string of the molecule is [B]N1CC1. The molecule has 0 N–H and O–H groups in total. The highest BCUT2D eigenvalue weighted by Gasteiger charge is 2.06. The van der Waals surface area contributed by atoms with Gasteiger partial charge in [0.25, 0.3) is 0 Å². The van der Waals surface area contributed by atoms with Gasteiger partial charge in [0.1, 0.15) is 0 Å². The molecule has 1 saturated heterocycles. The molecule has 1 aliphatic rings. The molecule has 2 heteroatoms. The fourth-order valence-electron chi connectivity index (χ4n) is 0.0577. The molecular formula is C2H4BN. The third-order valence-electron chi connectivity index (χ3n) is 0.482. The highest BCUT2D eigenvalue weighted by molar-refractivity contribution is 6.05. The zero-order valence-corrected chi connectivity index (χ0v) is 2.44.